The van der Waals surface area contributed by atoms with Gasteiger partial charge in [-0.25, -0.2) is 0 Å². The van der Waals surface area contributed by atoms with E-state index in [1.165, 1.54) is 6.07 Å². The normalized spacial score (nSPS) is 11.2. The smallest absolute Gasteiger partial charge is 0.416 e. The van der Waals surface area contributed by atoms with E-state index in [1.54, 1.807) is 0 Å². The minimum absolute atomic E-state index is 0.166. The van der Waals surface area contributed by atoms with E-state index < -0.39 is 17.7 Å². The zero-order valence-corrected chi connectivity index (χ0v) is 7.54. The highest BCUT2D eigenvalue weighted by molar-refractivity contribution is 5.74. The molecule has 2 N–H and O–H groups in total. The molecule has 0 radical (unpaired) electrons. The van der Waals surface area contributed by atoms with Crippen LogP contribution in [-0.2, 0) is 11.0 Å². The van der Waals surface area contributed by atoms with Crippen molar-refractivity contribution in [3.05, 3.63) is 29.8 Å². The van der Waals surface area contributed by atoms with E-state index in [4.69, 9.17) is 5.73 Å². The first-order chi connectivity index (χ1) is 6.93. The fraction of sp³-hybridized carbons (Fsp3) is 0.222. The van der Waals surface area contributed by atoms with Gasteiger partial charge in [0, 0.05) is 0 Å². The van der Waals surface area contributed by atoms with E-state index in [9.17, 15) is 18.0 Å². The first-order valence-corrected chi connectivity index (χ1v) is 4.01. The summed E-state index contributed by atoms with van der Waals surface area (Å²) in [5.74, 6) is -0.949. The number of ether oxygens (including phenoxy) is 1. The van der Waals surface area contributed by atoms with Gasteiger partial charge in [-0.3, -0.25) is 4.79 Å². The van der Waals surface area contributed by atoms with Gasteiger partial charge in [0.25, 0.3) is 0 Å². The van der Waals surface area contributed by atoms with E-state index in [2.05, 4.69) is 4.74 Å². The quantitative estimate of drug-likeness (QED) is 0.606. The van der Waals surface area contributed by atoms with Crippen molar-refractivity contribution in [2.75, 3.05) is 6.54 Å². The third kappa shape index (κ3) is 3.25. The lowest BCUT2D eigenvalue weighted by molar-refractivity contribution is -0.138. The highest BCUT2D eigenvalue weighted by Gasteiger charge is 2.30. The lowest BCUT2D eigenvalue weighted by Gasteiger charge is -2.08. The van der Waals surface area contributed by atoms with Gasteiger partial charge in [0.15, 0.2) is 0 Å². The molecule has 0 aliphatic carbocycles. The molecule has 1 aromatic carbocycles. The van der Waals surface area contributed by atoms with Crippen LogP contribution in [0.15, 0.2) is 24.3 Å². The Morgan fingerprint density at radius 2 is 2.07 bits per heavy atom. The Labute approximate surface area is 83.6 Å². The maximum absolute atomic E-state index is 12.2. The van der Waals surface area contributed by atoms with Crippen LogP contribution < -0.4 is 10.5 Å². The van der Waals surface area contributed by atoms with Gasteiger partial charge >= 0.3 is 12.1 Å². The van der Waals surface area contributed by atoms with Gasteiger partial charge in [0.2, 0.25) is 0 Å². The van der Waals surface area contributed by atoms with Crippen LogP contribution in [0, 0.1) is 0 Å². The lowest BCUT2D eigenvalue weighted by Crippen LogP contribution is -2.19. The maximum atomic E-state index is 12.2. The number of hydrogen-bond acceptors (Lipinski definition) is 3. The second-order valence-corrected chi connectivity index (χ2v) is 2.70. The van der Waals surface area contributed by atoms with E-state index >= 15 is 0 Å². The Morgan fingerprint density at radius 1 is 1.40 bits per heavy atom. The zero-order valence-electron chi connectivity index (χ0n) is 7.54. The standard InChI is InChI=1S/C9H8F3NO2/c10-9(11,12)6-2-1-3-7(4-6)15-8(14)5-13/h1-4H,5,13H2. The van der Waals surface area contributed by atoms with Crippen LogP contribution in [0.3, 0.4) is 0 Å². The number of carbonyl (C=O) groups excluding carboxylic acids is 1. The van der Waals surface area contributed by atoms with Gasteiger partial charge in [0.05, 0.1) is 12.1 Å². The van der Waals surface area contributed by atoms with Crippen molar-refractivity contribution in [1.82, 2.24) is 0 Å². The van der Waals surface area contributed by atoms with Gasteiger partial charge in [-0.1, -0.05) is 6.07 Å². The van der Waals surface area contributed by atoms with Crippen LogP contribution in [-0.4, -0.2) is 12.5 Å². The third-order valence-electron chi connectivity index (χ3n) is 1.56. The Balaban J connectivity index is 2.88. The van der Waals surface area contributed by atoms with Crippen LogP contribution >= 0.6 is 0 Å². The molecule has 0 heterocycles. The van der Waals surface area contributed by atoms with Crippen LogP contribution in [0.4, 0.5) is 13.2 Å². The average molecular weight is 219 g/mol. The lowest BCUT2D eigenvalue weighted by atomic mass is 10.2. The predicted molar refractivity (Wildman–Crippen MR) is 46.1 cm³/mol. The number of nitrogens with two attached hydrogens (primary N) is 1. The number of benzene rings is 1. The number of rotatable bonds is 2. The SMILES string of the molecule is NCC(=O)Oc1cccc(C(F)(F)F)c1. The summed E-state index contributed by atoms with van der Waals surface area (Å²) in [4.78, 5) is 10.7. The van der Waals surface area contributed by atoms with Crippen molar-refractivity contribution in [2.24, 2.45) is 5.73 Å². The molecule has 0 saturated carbocycles. The molecular weight excluding hydrogens is 211 g/mol. The molecule has 0 saturated heterocycles. The van der Waals surface area contributed by atoms with E-state index in [0.717, 1.165) is 18.2 Å². The molecule has 3 nitrogen and oxygen atoms in total. The molecular formula is C9H8F3NO2. The highest BCUT2D eigenvalue weighted by Crippen LogP contribution is 2.31. The van der Waals surface area contributed by atoms with Crippen LogP contribution in [0.2, 0.25) is 0 Å². The van der Waals surface area contributed by atoms with Gasteiger partial charge in [-0.15, -0.1) is 0 Å². The molecule has 1 rings (SSSR count). The first kappa shape index (κ1) is 11.5. The van der Waals surface area contributed by atoms with Crippen molar-refractivity contribution >= 4 is 5.97 Å². The number of hydrogen-bond donors (Lipinski definition) is 1. The van der Waals surface area contributed by atoms with Crippen LogP contribution in [0.5, 0.6) is 5.75 Å². The molecule has 0 aromatic heterocycles. The molecule has 0 unspecified atom stereocenters. The summed E-state index contributed by atoms with van der Waals surface area (Å²) in [6.07, 6.45) is -4.45. The summed E-state index contributed by atoms with van der Waals surface area (Å²) in [5, 5.41) is 0. The minimum Gasteiger partial charge on any atom is -0.426 e. The predicted octanol–water partition coefficient (Wildman–Crippen LogP) is 1.57. The fourth-order valence-electron chi connectivity index (χ4n) is 0.909. The molecule has 0 amide bonds. The second-order valence-electron chi connectivity index (χ2n) is 2.70. The molecule has 0 atom stereocenters. The average Bonchev–Trinajstić information content (AvgIpc) is 2.17. The Morgan fingerprint density at radius 3 is 2.60 bits per heavy atom. The molecule has 1 aromatic rings. The summed E-state index contributed by atoms with van der Waals surface area (Å²) in [5.41, 5.74) is 4.08. The van der Waals surface area contributed by atoms with E-state index in [1.807, 2.05) is 0 Å². The Hall–Kier alpha value is -1.56. The molecule has 0 spiro atoms. The van der Waals surface area contributed by atoms with Crippen LogP contribution in [0.25, 0.3) is 0 Å². The largest absolute Gasteiger partial charge is 0.426 e. The van der Waals surface area contributed by atoms with Gasteiger partial charge in [-0.2, -0.15) is 13.2 Å². The highest BCUT2D eigenvalue weighted by atomic mass is 19.4. The molecule has 15 heavy (non-hydrogen) atoms. The van der Waals surface area contributed by atoms with Gasteiger partial charge in [0.1, 0.15) is 5.75 Å². The topological polar surface area (TPSA) is 52.3 Å². The van der Waals surface area contributed by atoms with Crippen molar-refractivity contribution < 1.29 is 22.7 Å². The van der Waals surface area contributed by atoms with Crippen molar-refractivity contribution in [2.45, 2.75) is 6.18 Å². The minimum atomic E-state index is -4.45. The molecule has 0 fully saturated rings. The van der Waals surface area contributed by atoms with Crippen molar-refractivity contribution in [3.63, 3.8) is 0 Å². The number of esters is 1. The summed E-state index contributed by atoms with van der Waals surface area (Å²) in [6, 6.07) is 4.04. The molecule has 6 heteroatoms. The summed E-state index contributed by atoms with van der Waals surface area (Å²) in [7, 11) is 0. The van der Waals surface area contributed by atoms with Crippen LogP contribution in [0.1, 0.15) is 5.56 Å². The maximum Gasteiger partial charge on any atom is 0.416 e. The fourth-order valence-corrected chi connectivity index (χ4v) is 0.909. The van der Waals surface area contributed by atoms with E-state index in [0.29, 0.717) is 0 Å². The number of alkyl halides is 3. The first-order valence-electron chi connectivity index (χ1n) is 4.01. The summed E-state index contributed by atoms with van der Waals surface area (Å²) in [6.45, 7) is -0.379. The molecule has 0 bridgehead atoms. The summed E-state index contributed by atoms with van der Waals surface area (Å²) < 4.78 is 41.2. The van der Waals surface area contributed by atoms with Gasteiger partial charge < -0.3 is 10.5 Å². The van der Waals surface area contributed by atoms with Crippen molar-refractivity contribution in [1.29, 1.82) is 0 Å². The number of halogens is 3. The van der Waals surface area contributed by atoms with E-state index in [-0.39, 0.29) is 12.3 Å². The van der Waals surface area contributed by atoms with Crippen molar-refractivity contribution in [3.8, 4) is 5.75 Å². The third-order valence-corrected chi connectivity index (χ3v) is 1.56. The zero-order chi connectivity index (χ0) is 11.5. The molecule has 0 aliphatic rings. The molecule has 82 valence electrons. The Kier molecular flexibility index (Phi) is 3.31. The summed E-state index contributed by atoms with van der Waals surface area (Å²) >= 11 is 0. The van der Waals surface area contributed by atoms with Gasteiger partial charge in [-0.05, 0) is 18.2 Å². The molecule has 0 aliphatic heterocycles. The Bertz CT molecular complexity index is 363. The second kappa shape index (κ2) is 4.31. The number of carbonyl (C=O) groups is 1. The monoisotopic (exact) mass is 219 g/mol.